The number of nitrogens with zero attached hydrogens (tertiary/aromatic N) is 3. The summed E-state index contributed by atoms with van der Waals surface area (Å²) in [6, 6.07) is 17.7. The SMILES string of the molecule is CCCCNC(=O)N(CCC)CC(=O)Nc1cc(-c2ccccc2)nn1-c1ccc(C)cc1C. The molecule has 0 spiro atoms. The number of benzene rings is 2. The molecule has 0 fully saturated rings. The van der Waals surface area contributed by atoms with Crippen LogP contribution in [0.3, 0.4) is 0 Å². The molecule has 0 unspecified atom stereocenters. The van der Waals surface area contributed by atoms with Crippen LogP contribution in [0.2, 0.25) is 0 Å². The monoisotopic (exact) mass is 461 g/mol. The van der Waals surface area contributed by atoms with E-state index in [4.69, 9.17) is 5.10 Å². The fourth-order valence-electron chi connectivity index (χ4n) is 3.81. The molecule has 34 heavy (non-hydrogen) atoms. The van der Waals surface area contributed by atoms with E-state index in [1.165, 1.54) is 0 Å². The summed E-state index contributed by atoms with van der Waals surface area (Å²) < 4.78 is 1.76. The van der Waals surface area contributed by atoms with Crippen LogP contribution in [-0.2, 0) is 4.79 Å². The van der Waals surface area contributed by atoms with E-state index in [1.54, 1.807) is 9.58 Å². The van der Waals surface area contributed by atoms with E-state index >= 15 is 0 Å². The van der Waals surface area contributed by atoms with Gasteiger partial charge in [0.05, 0.1) is 11.4 Å². The van der Waals surface area contributed by atoms with Gasteiger partial charge in [0, 0.05) is 24.7 Å². The molecule has 0 saturated heterocycles. The molecule has 0 atom stereocenters. The number of unbranched alkanes of at least 4 members (excludes halogenated alkanes) is 1. The van der Waals surface area contributed by atoms with Crippen molar-refractivity contribution in [1.82, 2.24) is 20.0 Å². The van der Waals surface area contributed by atoms with Crippen molar-refractivity contribution in [3.05, 3.63) is 65.7 Å². The Kier molecular flexibility index (Phi) is 8.85. The number of nitrogens with one attached hydrogen (secondary N) is 2. The molecule has 0 radical (unpaired) electrons. The lowest BCUT2D eigenvalue weighted by atomic mass is 10.1. The van der Waals surface area contributed by atoms with E-state index in [-0.39, 0.29) is 18.5 Å². The van der Waals surface area contributed by atoms with Crippen molar-refractivity contribution in [2.75, 3.05) is 25.0 Å². The third-order valence-electron chi connectivity index (χ3n) is 5.55. The van der Waals surface area contributed by atoms with Crippen molar-refractivity contribution in [3.8, 4) is 16.9 Å². The van der Waals surface area contributed by atoms with Crippen LogP contribution in [0.5, 0.6) is 0 Å². The van der Waals surface area contributed by atoms with Crippen LogP contribution in [0.4, 0.5) is 10.6 Å². The normalized spacial score (nSPS) is 10.7. The first kappa shape index (κ1) is 25.0. The van der Waals surface area contributed by atoms with Crippen LogP contribution in [0.15, 0.2) is 54.6 Å². The smallest absolute Gasteiger partial charge is 0.317 e. The number of anilines is 1. The van der Waals surface area contributed by atoms with Crippen molar-refractivity contribution in [1.29, 1.82) is 0 Å². The number of urea groups is 1. The van der Waals surface area contributed by atoms with E-state index in [1.807, 2.05) is 69.3 Å². The van der Waals surface area contributed by atoms with Gasteiger partial charge in [0.1, 0.15) is 12.4 Å². The number of hydrogen-bond donors (Lipinski definition) is 2. The molecule has 180 valence electrons. The summed E-state index contributed by atoms with van der Waals surface area (Å²) in [5.74, 6) is 0.309. The van der Waals surface area contributed by atoms with E-state index in [0.29, 0.717) is 18.9 Å². The zero-order valence-corrected chi connectivity index (χ0v) is 20.6. The van der Waals surface area contributed by atoms with Crippen molar-refractivity contribution < 1.29 is 9.59 Å². The van der Waals surface area contributed by atoms with Crippen LogP contribution < -0.4 is 10.6 Å². The average Bonchev–Trinajstić information content (AvgIpc) is 3.22. The predicted octanol–water partition coefficient (Wildman–Crippen LogP) is 5.32. The molecule has 2 aromatic carbocycles. The molecule has 3 aromatic rings. The second kappa shape index (κ2) is 12.0. The minimum atomic E-state index is -0.260. The van der Waals surface area contributed by atoms with Crippen LogP contribution in [0.25, 0.3) is 16.9 Å². The molecular formula is C27H35N5O2. The summed E-state index contributed by atoms with van der Waals surface area (Å²) in [6.07, 6.45) is 2.68. The summed E-state index contributed by atoms with van der Waals surface area (Å²) in [7, 11) is 0. The van der Waals surface area contributed by atoms with Crippen LogP contribution >= 0.6 is 0 Å². The van der Waals surface area contributed by atoms with E-state index in [2.05, 4.69) is 23.6 Å². The van der Waals surface area contributed by atoms with E-state index < -0.39 is 0 Å². The average molecular weight is 462 g/mol. The Morgan fingerprint density at radius 1 is 1.00 bits per heavy atom. The standard InChI is InChI=1S/C27H35N5O2/c1-5-7-15-28-27(34)31(16-6-2)19-26(33)29-25-18-23(22-11-9-8-10-12-22)30-32(25)24-14-13-20(3)17-21(24)4/h8-14,17-18H,5-7,15-16,19H2,1-4H3,(H,28,34)(H,29,33). The Morgan fingerprint density at radius 3 is 2.44 bits per heavy atom. The lowest BCUT2D eigenvalue weighted by Crippen LogP contribution is -2.44. The first-order chi connectivity index (χ1) is 16.4. The largest absolute Gasteiger partial charge is 0.338 e. The van der Waals surface area contributed by atoms with Gasteiger partial charge in [-0.1, -0.05) is 68.3 Å². The van der Waals surface area contributed by atoms with Crippen molar-refractivity contribution >= 4 is 17.8 Å². The zero-order chi connectivity index (χ0) is 24.5. The minimum absolute atomic E-state index is 0.0233. The molecule has 3 rings (SSSR count). The lowest BCUT2D eigenvalue weighted by Gasteiger charge is -2.22. The van der Waals surface area contributed by atoms with Gasteiger partial charge in [0.25, 0.3) is 0 Å². The Balaban J connectivity index is 1.86. The number of amides is 3. The number of aryl methyl sites for hydroxylation is 2. The highest BCUT2D eigenvalue weighted by atomic mass is 16.2. The second-order valence-electron chi connectivity index (χ2n) is 8.54. The molecule has 1 aromatic heterocycles. The maximum Gasteiger partial charge on any atom is 0.317 e. The molecule has 0 bridgehead atoms. The van der Waals surface area contributed by atoms with Gasteiger partial charge >= 0.3 is 6.03 Å². The van der Waals surface area contributed by atoms with Gasteiger partial charge in [-0.3, -0.25) is 4.79 Å². The summed E-state index contributed by atoms with van der Waals surface area (Å²) in [5, 5.41) is 10.7. The summed E-state index contributed by atoms with van der Waals surface area (Å²) in [5.41, 5.74) is 4.83. The maximum atomic E-state index is 13.0. The van der Waals surface area contributed by atoms with Gasteiger partial charge in [-0.15, -0.1) is 0 Å². The first-order valence-corrected chi connectivity index (χ1v) is 12.0. The van der Waals surface area contributed by atoms with Gasteiger partial charge in [-0.2, -0.15) is 5.10 Å². The van der Waals surface area contributed by atoms with Crippen LogP contribution in [-0.4, -0.2) is 46.3 Å². The fourth-order valence-corrected chi connectivity index (χ4v) is 3.81. The highest BCUT2D eigenvalue weighted by Gasteiger charge is 2.19. The molecule has 0 aliphatic carbocycles. The topological polar surface area (TPSA) is 79.3 Å². The Bertz CT molecular complexity index is 1110. The molecule has 3 amide bonds. The van der Waals surface area contributed by atoms with E-state index in [0.717, 1.165) is 47.3 Å². The Labute approximate surface area is 202 Å². The molecule has 7 nitrogen and oxygen atoms in total. The zero-order valence-electron chi connectivity index (χ0n) is 20.6. The van der Waals surface area contributed by atoms with Crippen molar-refractivity contribution in [3.63, 3.8) is 0 Å². The molecule has 7 heteroatoms. The quantitative estimate of drug-likeness (QED) is 0.401. The minimum Gasteiger partial charge on any atom is -0.338 e. The van der Waals surface area contributed by atoms with Crippen molar-refractivity contribution in [2.24, 2.45) is 0 Å². The first-order valence-electron chi connectivity index (χ1n) is 12.0. The summed E-state index contributed by atoms with van der Waals surface area (Å²) >= 11 is 0. The lowest BCUT2D eigenvalue weighted by molar-refractivity contribution is -0.116. The molecule has 0 saturated carbocycles. The summed E-state index contributed by atoms with van der Waals surface area (Å²) in [6.45, 7) is 9.24. The molecule has 0 aliphatic rings. The van der Waals surface area contributed by atoms with E-state index in [9.17, 15) is 9.59 Å². The highest BCUT2D eigenvalue weighted by molar-refractivity contribution is 5.94. The molecule has 2 N–H and O–H groups in total. The number of aromatic nitrogens is 2. The van der Waals surface area contributed by atoms with Crippen LogP contribution in [0.1, 0.15) is 44.2 Å². The second-order valence-corrected chi connectivity index (χ2v) is 8.54. The molecular weight excluding hydrogens is 426 g/mol. The van der Waals surface area contributed by atoms with Gasteiger partial charge < -0.3 is 15.5 Å². The Hall–Kier alpha value is -3.61. The highest BCUT2D eigenvalue weighted by Crippen LogP contribution is 2.26. The van der Waals surface area contributed by atoms with Gasteiger partial charge in [-0.25, -0.2) is 9.48 Å². The third-order valence-corrected chi connectivity index (χ3v) is 5.55. The predicted molar refractivity (Wildman–Crippen MR) is 137 cm³/mol. The Morgan fingerprint density at radius 2 is 1.76 bits per heavy atom. The maximum absolute atomic E-state index is 13.0. The third kappa shape index (κ3) is 6.47. The van der Waals surface area contributed by atoms with Gasteiger partial charge in [0.2, 0.25) is 5.91 Å². The van der Waals surface area contributed by atoms with Crippen LogP contribution in [0, 0.1) is 13.8 Å². The number of rotatable bonds is 10. The molecule has 1 heterocycles. The number of hydrogen-bond acceptors (Lipinski definition) is 3. The van der Waals surface area contributed by atoms with Crippen molar-refractivity contribution in [2.45, 2.75) is 47.0 Å². The van der Waals surface area contributed by atoms with Gasteiger partial charge in [0.15, 0.2) is 0 Å². The fraction of sp³-hybridized carbons (Fsp3) is 0.370. The number of carbonyl (C=O) groups excluding carboxylic acids is 2. The molecule has 0 aliphatic heterocycles. The number of carbonyl (C=O) groups is 2. The van der Waals surface area contributed by atoms with Gasteiger partial charge in [-0.05, 0) is 38.3 Å². The summed E-state index contributed by atoms with van der Waals surface area (Å²) in [4.78, 5) is 27.2.